The van der Waals surface area contributed by atoms with E-state index in [0.717, 1.165) is 87.1 Å². The van der Waals surface area contributed by atoms with Gasteiger partial charge in [-0.05, 0) is 96.5 Å². The summed E-state index contributed by atoms with van der Waals surface area (Å²) in [5.41, 5.74) is 4.51. The molecule has 2 saturated heterocycles. The smallest absolute Gasteiger partial charge is 0.226 e. The number of piperidine rings is 2. The van der Waals surface area contributed by atoms with Crippen LogP contribution in [-0.4, -0.2) is 53.3 Å². The maximum Gasteiger partial charge on any atom is 0.226 e. The Labute approximate surface area is 212 Å². The van der Waals surface area contributed by atoms with Gasteiger partial charge in [-0.1, -0.05) is 31.0 Å². The van der Waals surface area contributed by atoms with Crippen LogP contribution in [0.4, 0.5) is 0 Å². The number of hydrogen-bond donors (Lipinski definition) is 0. The Balaban J connectivity index is 1.19. The summed E-state index contributed by atoms with van der Waals surface area (Å²) in [5, 5.41) is 0. The van der Waals surface area contributed by atoms with Gasteiger partial charge in [0.1, 0.15) is 11.5 Å². The maximum absolute atomic E-state index is 12.8. The van der Waals surface area contributed by atoms with Gasteiger partial charge in [-0.15, -0.1) is 0 Å². The Morgan fingerprint density at radius 1 is 0.971 bits per heavy atom. The Kier molecular flexibility index (Phi) is 8.82. The van der Waals surface area contributed by atoms with Crippen molar-refractivity contribution in [1.29, 1.82) is 0 Å². The summed E-state index contributed by atoms with van der Waals surface area (Å²) < 4.78 is 6.03. The van der Waals surface area contributed by atoms with Gasteiger partial charge in [-0.25, -0.2) is 4.98 Å². The van der Waals surface area contributed by atoms with Gasteiger partial charge in [-0.2, -0.15) is 0 Å². The molecule has 0 amide bonds. The number of likely N-dealkylation sites (tertiary alicyclic amines) is 2. The van der Waals surface area contributed by atoms with Crippen LogP contribution in [0.5, 0.6) is 0 Å². The summed E-state index contributed by atoms with van der Waals surface area (Å²) in [4.78, 5) is 22.7. The number of ketones is 1. The van der Waals surface area contributed by atoms with Crippen LogP contribution in [0.25, 0.3) is 11.5 Å². The van der Waals surface area contributed by atoms with Gasteiger partial charge in [0.05, 0.1) is 5.69 Å². The average Bonchev–Trinajstić information content (AvgIpc) is 3.16. The monoisotopic (exact) mass is 479 g/mol. The van der Waals surface area contributed by atoms with Gasteiger partial charge < -0.3 is 9.32 Å². The maximum atomic E-state index is 12.8. The van der Waals surface area contributed by atoms with E-state index in [4.69, 9.17) is 9.40 Å². The first kappa shape index (κ1) is 26.1. The fourth-order valence-electron chi connectivity index (χ4n) is 6.23. The van der Waals surface area contributed by atoms with Crippen molar-refractivity contribution < 1.29 is 9.21 Å². The van der Waals surface area contributed by atoms with E-state index in [9.17, 15) is 4.79 Å². The molecule has 2 fully saturated rings. The van der Waals surface area contributed by atoms with Crippen molar-refractivity contribution in [1.82, 2.24) is 14.8 Å². The van der Waals surface area contributed by atoms with Gasteiger partial charge in [0.15, 0.2) is 0 Å². The topological polar surface area (TPSA) is 49.6 Å². The SMILES string of the molecule is Cc1cc(C)cc(-c2nc(CN3CCC(C(=O)CCCCN4C[C@H](C)C[C@H](C)C4)CC3)c(C)o2)c1. The Morgan fingerprint density at radius 3 is 2.29 bits per heavy atom. The van der Waals surface area contributed by atoms with Gasteiger partial charge >= 0.3 is 0 Å². The lowest BCUT2D eigenvalue weighted by Crippen LogP contribution is -2.39. The van der Waals surface area contributed by atoms with Crippen molar-refractivity contribution in [2.24, 2.45) is 17.8 Å². The molecule has 192 valence electrons. The molecule has 0 bridgehead atoms. The minimum Gasteiger partial charge on any atom is -0.441 e. The van der Waals surface area contributed by atoms with Crippen LogP contribution in [0, 0.1) is 38.5 Å². The van der Waals surface area contributed by atoms with Gasteiger partial charge in [-0.3, -0.25) is 9.69 Å². The first-order chi connectivity index (χ1) is 16.8. The molecule has 4 rings (SSSR count). The molecule has 3 heterocycles. The Hall–Kier alpha value is -1.98. The number of hydrogen-bond acceptors (Lipinski definition) is 5. The summed E-state index contributed by atoms with van der Waals surface area (Å²) in [7, 11) is 0. The van der Waals surface area contributed by atoms with Crippen LogP contribution < -0.4 is 0 Å². The van der Waals surface area contributed by atoms with Crippen molar-refractivity contribution in [3.8, 4) is 11.5 Å². The third kappa shape index (κ3) is 7.27. The van der Waals surface area contributed by atoms with Crippen LogP contribution in [-0.2, 0) is 11.3 Å². The highest BCUT2D eigenvalue weighted by molar-refractivity contribution is 5.81. The molecular weight excluding hydrogens is 434 g/mol. The lowest BCUT2D eigenvalue weighted by atomic mass is 9.89. The molecule has 0 saturated carbocycles. The zero-order valence-electron chi connectivity index (χ0n) is 22.6. The number of oxazole rings is 1. The summed E-state index contributed by atoms with van der Waals surface area (Å²) >= 11 is 0. The number of unbranched alkanes of at least 4 members (excludes halogenated alkanes) is 1. The molecular formula is C30H45N3O2. The number of rotatable bonds is 9. The standard InChI is InChI=1S/C30H45N3O2/c1-21-14-22(2)17-27(16-21)30-31-28(25(5)35-30)20-32-12-9-26(10-13-32)29(34)8-6-7-11-33-18-23(3)15-24(4)19-33/h14,16-17,23-24,26H,6-13,15,18-20H2,1-5H3/t23-,24+. The first-order valence-corrected chi connectivity index (χ1v) is 13.8. The average molecular weight is 480 g/mol. The van der Waals surface area contributed by atoms with Crippen molar-refractivity contribution in [2.45, 2.75) is 79.7 Å². The van der Waals surface area contributed by atoms with Crippen molar-refractivity contribution >= 4 is 5.78 Å². The molecule has 5 heteroatoms. The van der Waals surface area contributed by atoms with E-state index in [-0.39, 0.29) is 5.92 Å². The molecule has 2 atom stereocenters. The number of aryl methyl sites for hydroxylation is 3. The molecule has 0 unspecified atom stereocenters. The minimum atomic E-state index is 0.241. The highest BCUT2D eigenvalue weighted by Gasteiger charge is 2.26. The summed E-state index contributed by atoms with van der Waals surface area (Å²) in [6.45, 7) is 17.3. The summed E-state index contributed by atoms with van der Waals surface area (Å²) in [6.07, 6.45) is 6.25. The molecule has 0 aliphatic carbocycles. The van der Waals surface area contributed by atoms with Crippen LogP contribution >= 0.6 is 0 Å². The zero-order valence-corrected chi connectivity index (χ0v) is 22.6. The quantitative estimate of drug-likeness (QED) is 0.401. The highest BCUT2D eigenvalue weighted by atomic mass is 16.4. The third-order valence-electron chi connectivity index (χ3n) is 7.87. The number of aromatic nitrogens is 1. The molecule has 2 aromatic rings. The predicted octanol–water partition coefficient (Wildman–Crippen LogP) is 6.20. The molecule has 0 spiro atoms. The van der Waals surface area contributed by atoms with E-state index in [1.807, 2.05) is 6.92 Å². The number of benzene rings is 1. The van der Waals surface area contributed by atoms with Crippen LogP contribution in [0.15, 0.2) is 22.6 Å². The van der Waals surface area contributed by atoms with Crippen molar-refractivity contribution in [3.63, 3.8) is 0 Å². The second-order valence-corrected chi connectivity index (χ2v) is 11.6. The van der Waals surface area contributed by atoms with Gasteiger partial charge in [0, 0.05) is 37.5 Å². The second-order valence-electron chi connectivity index (χ2n) is 11.6. The molecule has 0 N–H and O–H groups in total. The minimum absolute atomic E-state index is 0.241. The molecule has 35 heavy (non-hydrogen) atoms. The molecule has 2 aliphatic rings. The van der Waals surface area contributed by atoms with E-state index >= 15 is 0 Å². The van der Waals surface area contributed by atoms with E-state index in [1.165, 1.54) is 30.6 Å². The van der Waals surface area contributed by atoms with Crippen LogP contribution in [0.1, 0.15) is 75.0 Å². The summed E-state index contributed by atoms with van der Waals surface area (Å²) in [6, 6.07) is 6.43. The van der Waals surface area contributed by atoms with Crippen molar-refractivity contribution in [3.05, 3.63) is 40.8 Å². The molecule has 5 nitrogen and oxygen atoms in total. The molecule has 0 radical (unpaired) electrons. The van der Waals surface area contributed by atoms with Gasteiger partial charge in [0.25, 0.3) is 0 Å². The van der Waals surface area contributed by atoms with E-state index in [2.05, 4.69) is 55.7 Å². The number of carbonyl (C=O) groups is 1. The third-order valence-corrected chi connectivity index (χ3v) is 7.87. The lowest BCUT2D eigenvalue weighted by Gasteiger charge is -2.35. The van der Waals surface area contributed by atoms with Crippen LogP contribution in [0.2, 0.25) is 0 Å². The Bertz CT molecular complexity index is 959. The zero-order chi connectivity index (χ0) is 24.9. The molecule has 1 aromatic heterocycles. The van der Waals surface area contributed by atoms with Crippen molar-refractivity contribution in [2.75, 3.05) is 32.7 Å². The number of carbonyl (C=O) groups excluding carboxylic acids is 1. The lowest BCUT2D eigenvalue weighted by molar-refractivity contribution is -0.124. The number of Topliss-reactive ketones (excluding diaryl/α,β-unsaturated/α-hetero) is 1. The Morgan fingerprint density at radius 2 is 1.63 bits per heavy atom. The fraction of sp³-hybridized carbons (Fsp3) is 0.667. The largest absolute Gasteiger partial charge is 0.441 e. The predicted molar refractivity (Wildman–Crippen MR) is 142 cm³/mol. The fourth-order valence-corrected chi connectivity index (χ4v) is 6.23. The molecule has 1 aromatic carbocycles. The second kappa shape index (κ2) is 11.8. The van der Waals surface area contributed by atoms with E-state index < -0.39 is 0 Å². The number of nitrogens with zero attached hydrogens (tertiary/aromatic N) is 3. The normalized spacial score (nSPS) is 22.5. The molecule has 2 aliphatic heterocycles. The van der Waals surface area contributed by atoms with Crippen LogP contribution in [0.3, 0.4) is 0 Å². The van der Waals surface area contributed by atoms with E-state index in [0.29, 0.717) is 11.7 Å². The summed E-state index contributed by atoms with van der Waals surface area (Å²) in [5.74, 6) is 3.96. The van der Waals surface area contributed by atoms with E-state index in [1.54, 1.807) is 0 Å². The van der Waals surface area contributed by atoms with Gasteiger partial charge in [0.2, 0.25) is 5.89 Å². The highest BCUT2D eigenvalue weighted by Crippen LogP contribution is 2.27. The first-order valence-electron chi connectivity index (χ1n) is 13.8.